The molecule has 1 aromatic carbocycles. The standard InChI is InChI=1S/C12H18N2O2Si/c1-17(2,3)16-12-5-4-11-9-14(13-15)7-6-10(11)8-12/h4-5,8H,6-7,9H2,1-3H3. The quantitative estimate of drug-likeness (QED) is 0.612. The third kappa shape index (κ3) is 3.06. The van der Waals surface area contributed by atoms with Crippen LogP contribution in [0.15, 0.2) is 23.5 Å². The van der Waals surface area contributed by atoms with Crippen LogP contribution < -0.4 is 4.43 Å². The maximum Gasteiger partial charge on any atom is 0.242 e. The van der Waals surface area contributed by atoms with E-state index in [0.717, 1.165) is 12.2 Å². The highest BCUT2D eigenvalue weighted by molar-refractivity contribution is 6.70. The van der Waals surface area contributed by atoms with Gasteiger partial charge in [0.2, 0.25) is 8.32 Å². The van der Waals surface area contributed by atoms with Crippen LogP contribution in [0.2, 0.25) is 19.6 Å². The summed E-state index contributed by atoms with van der Waals surface area (Å²) in [6, 6.07) is 6.14. The van der Waals surface area contributed by atoms with Gasteiger partial charge in [-0.3, -0.25) is 5.01 Å². The van der Waals surface area contributed by atoms with Crippen LogP contribution in [0.3, 0.4) is 0 Å². The summed E-state index contributed by atoms with van der Waals surface area (Å²) >= 11 is 0. The molecule has 0 radical (unpaired) electrons. The van der Waals surface area contributed by atoms with Crippen molar-refractivity contribution in [3.8, 4) is 5.75 Å². The monoisotopic (exact) mass is 250 g/mol. The highest BCUT2D eigenvalue weighted by Gasteiger charge is 2.19. The van der Waals surface area contributed by atoms with E-state index in [0.29, 0.717) is 13.1 Å². The molecule has 1 heterocycles. The minimum Gasteiger partial charge on any atom is -0.544 e. The Morgan fingerprint density at radius 3 is 2.71 bits per heavy atom. The number of benzene rings is 1. The first-order valence-electron chi connectivity index (χ1n) is 5.87. The first kappa shape index (κ1) is 12.1. The van der Waals surface area contributed by atoms with Gasteiger partial charge in [-0.2, -0.15) is 0 Å². The summed E-state index contributed by atoms with van der Waals surface area (Å²) in [5.41, 5.74) is 2.46. The molecule has 5 heteroatoms. The van der Waals surface area contributed by atoms with E-state index in [9.17, 15) is 4.91 Å². The minimum atomic E-state index is -1.54. The predicted octanol–water partition coefficient (Wildman–Crippen LogP) is 2.94. The van der Waals surface area contributed by atoms with Crippen molar-refractivity contribution in [2.75, 3.05) is 6.54 Å². The minimum absolute atomic E-state index is 0.617. The van der Waals surface area contributed by atoms with E-state index in [-0.39, 0.29) is 0 Å². The lowest BCUT2D eigenvalue weighted by Crippen LogP contribution is -2.30. The van der Waals surface area contributed by atoms with Gasteiger partial charge in [0.05, 0.1) is 11.8 Å². The zero-order valence-electron chi connectivity index (χ0n) is 10.6. The summed E-state index contributed by atoms with van der Waals surface area (Å²) in [6.07, 6.45) is 0.865. The summed E-state index contributed by atoms with van der Waals surface area (Å²) in [4.78, 5) is 10.5. The van der Waals surface area contributed by atoms with Crippen molar-refractivity contribution in [3.05, 3.63) is 34.2 Å². The van der Waals surface area contributed by atoms with Crippen LogP contribution in [0.1, 0.15) is 11.1 Å². The number of hydrogen-bond donors (Lipinski definition) is 0. The van der Waals surface area contributed by atoms with Crippen molar-refractivity contribution in [2.24, 2.45) is 5.29 Å². The molecule has 2 rings (SSSR count). The first-order chi connectivity index (χ1) is 7.98. The van der Waals surface area contributed by atoms with Crippen LogP contribution >= 0.6 is 0 Å². The second-order valence-electron chi connectivity index (χ2n) is 5.36. The molecule has 1 aliphatic rings. The molecule has 0 aliphatic carbocycles. The fourth-order valence-corrected chi connectivity index (χ4v) is 2.84. The van der Waals surface area contributed by atoms with E-state index in [1.54, 1.807) is 5.01 Å². The molecule has 0 fully saturated rings. The zero-order chi connectivity index (χ0) is 12.5. The number of nitrogens with zero attached hydrogens (tertiary/aromatic N) is 2. The molecule has 0 N–H and O–H groups in total. The molecule has 1 aromatic rings. The van der Waals surface area contributed by atoms with Crippen molar-refractivity contribution < 1.29 is 4.43 Å². The summed E-state index contributed by atoms with van der Waals surface area (Å²) in [5, 5.41) is 4.54. The number of nitroso groups, excluding NO2 is 1. The van der Waals surface area contributed by atoms with Gasteiger partial charge >= 0.3 is 0 Å². The Labute approximate surface area is 103 Å². The Hall–Kier alpha value is -1.36. The van der Waals surface area contributed by atoms with Gasteiger partial charge < -0.3 is 4.43 Å². The van der Waals surface area contributed by atoms with Gasteiger partial charge in [-0.1, -0.05) is 6.07 Å². The summed E-state index contributed by atoms with van der Waals surface area (Å²) in [7, 11) is -1.54. The predicted molar refractivity (Wildman–Crippen MR) is 70.3 cm³/mol. The molecule has 4 nitrogen and oxygen atoms in total. The summed E-state index contributed by atoms with van der Waals surface area (Å²) < 4.78 is 5.96. The first-order valence-corrected chi connectivity index (χ1v) is 9.28. The van der Waals surface area contributed by atoms with Crippen molar-refractivity contribution in [1.82, 2.24) is 5.01 Å². The summed E-state index contributed by atoms with van der Waals surface area (Å²) in [6.45, 7) is 7.83. The van der Waals surface area contributed by atoms with E-state index >= 15 is 0 Å². The SMILES string of the molecule is C[Si](C)(C)Oc1ccc2c(c1)CCN(N=O)C2. The molecule has 17 heavy (non-hydrogen) atoms. The van der Waals surface area contributed by atoms with E-state index < -0.39 is 8.32 Å². The largest absolute Gasteiger partial charge is 0.544 e. The normalized spacial score (nSPS) is 15.4. The van der Waals surface area contributed by atoms with Gasteiger partial charge in [0.25, 0.3) is 0 Å². The zero-order valence-corrected chi connectivity index (χ0v) is 11.6. The molecule has 0 saturated heterocycles. The molecular weight excluding hydrogens is 232 g/mol. The maximum atomic E-state index is 10.5. The van der Waals surface area contributed by atoms with Crippen LogP contribution in [0, 0.1) is 4.91 Å². The number of rotatable bonds is 3. The molecule has 92 valence electrons. The highest BCUT2D eigenvalue weighted by Crippen LogP contribution is 2.25. The molecule has 0 unspecified atom stereocenters. The van der Waals surface area contributed by atoms with E-state index in [4.69, 9.17) is 4.43 Å². The molecule has 0 bridgehead atoms. The Bertz CT molecular complexity index is 429. The van der Waals surface area contributed by atoms with Gasteiger partial charge in [-0.15, -0.1) is 4.91 Å². The van der Waals surface area contributed by atoms with Crippen molar-refractivity contribution >= 4 is 8.32 Å². The molecule has 1 aliphatic heterocycles. The van der Waals surface area contributed by atoms with Crippen LogP contribution in [0.5, 0.6) is 5.75 Å². The number of fused-ring (bicyclic) bond motifs is 1. The average Bonchev–Trinajstić information content (AvgIpc) is 2.26. The molecule has 0 aromatic heterocycles. The van der Waals surface area contributed by atoms with E-state index in [1.165, 1.54) is 11.1 Å². The molecule has 0 saturated carbocycles. The van der Waals surface area contributed by atoms with Gasteiger partial charge in [0.1, 0.15) is 5.75 Å². The number of hydrogen-bond acceptors (Lipinski definition) is 3. The van der Waals surface area contributed by atoms with Crippen LogP contribution in [0.25, 0.3) is 0 Å². The van der Waals surface area contributed by atoms with Crippen LogP contribution in [-0.4, -0.2) is 19.9 Å². The van der Waals surface area contributed by atoms with Gasteiger partial charge in [0, 0.05) is 6.54 Å². The fourth-order valence-electron chi connectivity index (χ4n) is 2.00. The Kier molecular flexibility index (Phi) is 3.19. The lowest BCUT2D eigenvalue weighted by Gasteiger charge is -2.25. The third-order valence-electron chi connectivity index (χ3n) is 2.71. The topological polar surface area (TPSA) is 41.9 Å². The Balaban J connectivity index is 2.18. The smallest absolute Gasteiger partial charge is 0.242 e. The van der Waals surface area contributed by atoms with Crippen LogP contribution in [0.4, 0.5) is 0 Å². The second kappa shape index (κ2) is 4.48. The summed E-state index contributed by atoms with van der Waals surface area (Å²) in [5.74, 6) is 0.954. The molecule has 0 atom stereocenters. The lowest BCUT2D eigenvalue weighted by molar-refractivity contribution is 0.263. The van der Waals surface area contributed by atoms with E-state index in [2.05, 4.69) is 31.0 Å². The molecule has 0 amide bonds. The average molecular weight is 250 g/mol. The van der Waals surface area contributed by atoms with Gasteiger partial charge in [0.15, 0.2) is 0 Å². The third-order valence-corrected chi connectivity index (χ3v) is 3.56. The highest BCUT2D eigenvalue weighted by atomic mass is 28.4. The van der Waals surface area contributed by atoms with Crippen molar-refractivity contribution in [2.45, 2.75) is 32.6 Å². The molecular formula is C12H18N2O2Si. The Morgan fingerprint density at radius 2 is 2.06 bits per heavy atom. The maximum absolute atomic E-state index is 10.5. The Morgan fingerprint density at radius 1 is 1.29 bits per heavy atom. The molecule has 0 spiro atoms. The van der Waals surface area contributed by atoms with Gasteiger partial charge in [-0.25, -0.2) is 0 Å². The second-order valence-corrected chi connectivity index (χ2v) is 9.79. The van der Waals surface area contributed by atoms with Crippen LogP contribution in [-0.2, 0) is 13.0 Å². The fraction of sp³-hybridized carbons (Fsp3) is 0.500. The van der Waals surface area contributed by atoms with Crippen molar-refractivity contribution in [3.63, 3.8) is 0 Å². The lowest BCUT2D eigenvalue weighted by atomic mass is 10.0. The van der Waals surface area contributed by atoms with E-state index in [1.807, 2.05) is 12.1 Å². The van der Waals surface area contributed by atoms with Crippen molar-refractivity contribution in [1.29, 1.82) is 0 Å². The van der Waals surface area contributed by atoms with Gasteiger partial charge in [-0.05, 0) is 49.3 Å².